The predicted octanol–water partition coefficient (Wildman–Crippen LogP) is 2.51. The first-order chi connectivity index (χ1) is 7.01. The van der Waals surface area contributed by atoms with E-state index in [0.717, 1.165) is 18.7 Å². The van der Waals surface area contributed by atoms with Gasteiger partial charge in [-0.2, -0.15) is 5.10 Å². The number of nitrogens with one attached hydrogen (secondary N) is 1. The highest BCUT2D eigenvalue weighted by atomic mass is 15.3. The first-order valence-corrected chi connectivity index (χ1v) is 5.74. The van der Waals surface area contributed by atoms with Gasteiger partial charge in [0.2, 0.25) is 0 Å². The molecule has 1 aromatic rings. The van der Waals surface area contributed by atoms with E-state index in [1.807, 2.05) is 17.9 Å². The van der Waals surface area contributed by atoms with E-state index in [4.69, 9.17) is 0 Å². The Balaban J connectivity index is 2.92. The van der Waals surface area contributed by atoms with Crippen LogP contribution in [0.4, 0.5) is 0 Å². The Morgan fingerprint density at radius 2 is 2.13 bits per heavy atom. The van der Waals surface area contributed by atoms with E-state index in [1.165, 1.54) is 0 Å². The summed E-state index contributed by atoms with van der Waals surface area (Å²) >= 11 is 0. The van der Waals surface area contributed by atoms with Crippen molar-refractivity contribution in [2.45, 2.75) is 40.2 Å². The third-order valence-electron chi connectivity index (χ3n) is 3.13. The van der Waals surface area contributed by atoms with Crippen LogP contribution in [-0.4, -0.2) is 16.3 Å². The quantitative estimate of drug-likeness (QED) is 0.807. The van der Waals surface area contributed by atoms with Gasteiger partial charge in [0.05, 0.1) is 11.7 Å². The molecular weight excluding hydrogens is 186 g/mol. The Bertz CT molecular complexity index is 302. The maximum absolute atomic E-state index is 4.50. The average Bonchev–Trinajstić information content (AvgIpc) is 2.60. The summed E-state index contributed by atoms with van der Waals surface area (Å²) in [5.41, 5.74) is 1.39. The lowest BCUT2D eigenvalue weighted by atomic mass is 9.80. The highest BCUT2D eigenvalue weighted by molar-refractivity contribution is 5.09. The first kappa shape index (κ1) is 12.2. The minimum Gasteiger partial charge on any atom is -0.308 e. The summed E-state index contributed by atoms with van der Waals surface area (Å²) in [5.74, 6) is 0. The summed E-state index contributed by atoms with van der Waals surface area (Å²) in [6, 6.07) is 2.44. The minimum absolute atomic E-state index is 0.240. The predicted molar refractivity (Wildman–Crippen MR) is 63.7 cm³/mol. The molecule has 1 rings (SSSR count). The number of aryl methyl sites for hydroxylation is 1. The van der Waals surface area contributed by atoms with Crippen molar-refractivity contribution in [1.29, 1.82) is 0 Å². The van der Waals surface area contributed by atoms with Crippen molar-refractivity contribution in [3.05, 3.63) is 18.0 Å². The summed E-state index contributed by atoms with van der Waals surface area (Å²) in [7, 11) is 1.96. The molecule has 86 valence electrons. The Morgan fingerprint density at radius 3 is 2.53 bits per heavy atom. The largest absolute Gasteiger partial charge is 0.308 e. The normalized spacial score (nSPS) is 14.2. The maximum Gasteiger partial charge on any atom is 0.0799 e. The van der Waals surface area contributed by atoms with Gasteiger partial charge in [-0.15, -0.1) is 0 Å². The average molecular weight is 209 g/mol. The molecular formula is C12H23N3. The lowest BCUT2D eigenvalue weighted by Crippen LogP contribution is -2.34. The fourth-order valence-corrected chi connectivity index (χ4v) is 1.78. The molecule has 0 fully saturated rings. The molecule has 1 unspecified atom stereocenters. The van der Waals surface area contributed by atoms with E-state index in [0.29, 0.717) is 6.04 Å². The first-order valence-electron chi connectivity index (χ1n) is 5.74. The summed E-state index contributed by atoms with van der Waals surface area (Å²) in [5, 5.41) is 8.03. The smallest absolute Gasteiger partial charge is 0.0799 e. The van der Waals surface area contributed by atoms with E-state index in [1.54, 1.807) is 0 Å². The topological polar surface area (TPSA) is 29.9 Å². The van der Waals surface area contributed by atoms with Crippen LogP contribution in [0.5, 0.6) is 0 Å². The molecule has 0 aliphatic rings. The van der Waals surface area contributed by atoms with Gasteiger partial charge in [0.1, 0.15) is 0 Å². The monoisotopic (exact) mass is 209 g/mol. The molecule has 15 heavy (non-hydrogen) atoms. The van der Waals surface area contributed by atoms with Crippen molar-refractivity contribution < 1.29 is 0 Å². The van der Waals surface area contributed by atoms with Crippen molar-refractivity contribution in [3.8, 4) is 0 Å². The molecule has 0 aliphatic carbocycles. The zero-order valence-corrected chi connectivity index (χ0v) is 10.5. The third kappa shape index (κ3) is 2.81. The second kappa shape index (κ2) is 4.79. The van der Waals surface area contributed by atoms with Gasteiger partial charge in [-0.25, -0.2) is 0 Å². The molecule has 0 amide bonds. The standard InChI is InChI=1S/C12H23N3/c1-6-12(3,4)11(13-7-2)10-8-9-15(5)14-10/h8-9,11,13H,6-7H2,1-5H3. The van der Waals surface area contributed by atoms with Crippen LogP contribution in [0.1, 0.15) is 45.9 Å². The number of hydrogen-bond donors (Lipinski definition) is 1. The van der Waals surface area contributed by atoms with E-state index in [9.17, 15) is 0 Å². The Kier molecular flexibility index (Phi) is 3.91. The highest BCUT2D eigenvalue weighted by Gasteiger charge is 2.29. The summed E-state index contributed by atoms with van der Waals surface area (Å²) < 4.78 is 1.87. The zero-order valence-electron chi connectivity index (χ0n) is 10.5. The van der Waals surface area contributed by atoms with Crippen LogP contribution in [0.15, 0.2) is 12.3 Å². The van der Waals surface area contributed by atoms with Crippen molar-refractivity contribution in [3.63, 3.8) is 0 Å². The van der Waals surface area contributed by atoms with Gasteiger partial charge in [0.15, 0.2) is 0 Å². The fourth-order valence-electron chi connectivity index (χ4n) is 1.78. The van der Waals surface area contributed by atoms with Crippen LogP contribution >= 0.6 is 0 Å². The summed E-state index contributed by atoms with van der Waals surface area (Å²) in [6.45, 7) is 9.92. The molecule has 0 aromatic carbocycles. The highest BCUT2D eigenvalue weighted by Crippen LogP contribution is 2.35. The van der Waals surface area contributed by atoms with Crippen molar-refractivity contribution in [2.24, 2.45) is 12.5 Å². The molecule has 3 heteroatoms. The van der Waals surface area contributed by atoms with Gasteiger partial charge in [-0.05, 0) is 24.4 Å². The molecule has 0 saturated carbocycles. The molecule has 0 bridgehead atoms. The second-order valence-electron chi connectivity index (χ2n) is 4.75. The van der Waals surface area contributed by atoms with Crippen molar-refractivity contribution in [2.75, 3.05) is 6.54 Å². The van der Waals surface area contributed by atoms with Gasteiger partial charge in [-0.3, -0.25) is 4.68 Å². The number of rotatable bonds is 5. The molecule has 3 nitrogen and oxygen atoms in total. The van der Waals surface area contributed by atoms with E-state index in [-0.39, 0.29) is 5.41 Å². The van der Waals surface area contributed by atoms with Crippen LogP contribution in [0.2, 0.25) is 0 Å². The lowest BCUT2D eigenvalue weighted by Gasteiger charge is -2.32. The van der Waals surface area contributed by atoms with Crippen LogP contribution in [0.25, 0.3) is 0 Å². The number of nitrogens with zero attached hydrogens (tertiary/aromatic N) is 2. The molecule has 1 N–H and O–H groups in total. The number of hydrogen-bond acceptors (Lipinski definition) is 2. The Labute approximate surface area is 92.9 Å². The fraction of sp³-hybridized carbons (Fsp3) is 0.750. The molecule has 1 aromatic heterocycles. The number of aromatic nitrogens is 2. The SMILES string of the molecule is CCNC(c1ccn(C)n1)C(C)(C)CC. The van der Waals surface area contributed by atoms with Gasteiger partial charge >= 0.3 is 0 Å². The lowest BCUT2D eigenvalue weighted by molar-refractivity contribution is 0.232. The second-order valence-corrected chi connectivity index (χ2v) is 4.75. The van der Waals surface area contributed by atoms with Gasteiger partial charge in [-0.1, -0.05) is 27.7 Å². The molecule has 0 aliphatic heterocycles. The van der Waals surface area contributed by atoms with E-state index < -0.39 is 0 Å². The molecule has 0 spiro atoms. The van der Waals surface area contributed by atoms with Crippen LogP contribution < -0.4 is 5.32 Å². The van der Waals surface area contributed by atoms with E-state index in [2.05, 4.69) is 44.2 Å². The van der Waals surface area contributed by atoms with Gasteiger partial charge < -0.3 is 5.32 Å². The Hall–Kier alpha value is -0.830. The maximum atomic E-state index is 4.50. The minimum atomic E-state index is 0.240. The van der Waals surface area contributed by atoms with E-state index >= 15 is 0 Å². The summed E-state index contributed by atoms with van der Waals surface area (Å²) in [6.07, 6.45) is 3.15. The third-order valence-corrected chi connectivity index (χ3v) is 3.13. The zero-order chi connectivity index (χ0) is 11.5. The molecule has 1 heterocycles. The molecule has 0 saturated heterocycles. The molecule has 1 atom stereocenters. The van der Waals surface area contributed by atoms with Crippen molar-refractivity contribution >= 4 is 0 Å². The molecule has 0 radical (unpaired) electrons. The van der Waals surface area contributed by atoms with Crippen LogP contribution in [0.3, 0.4) is 0 Å². The van der Waals surface area contributed by atoms with Gasteiger partial charge in [0, 0.05) is 13.2 Å². The van der Waals surface area contributed by atoms with Crippen LogP contribution in [0, 0.1) is 5.41 Å². The van der Waals surface area contributed by atoms with Crippen LogP contribution in [-0.2, 0) is 7.05 Å². The summed E-state index contributed by atoms with van der Waals surface area (Å²) in [4.78, 5) is 0. The van der Waals surface area contributed by atoms with Crippen molar-refractivity contribution in [1.82, 2.24) is 15.1 Å². The van der Waals surface area contributed by atoms with Gasteiger partial charge in [0.25, 0.3) is 0 Å². The Morgan fingerprint density at radius 1 is 1.47 bits per heavy atom.